The number of hydrogen-bond acceptors (Lipinski definition) is 3. The summed E-state index contributed by atoms with van der Waals surface area (Å²) in [5, 5.41) is 10.7. The van der Waals surface area contributed by atoms with E-state index >= 15 is 0 Å². The van der Waals surface area contributed by atoms with Crippen LogP contribution in [0.15, 0.2) is 0 Å². The quantitative estimate of drug-likeness (QED) is 0.852. The molecule has 0 bridgehead atoms. The van der Waals surface area contributed by atoms with E-state index in [1.807, 2.05) is 20.8 Å². The number of hydrogen-bond donors (Lipinski definition) is 1. The summed E-state index contributed by atoms with van der Waals surface area (Å²) in [6.07, 6.45) is 7.80. The summed E-state index contributed by atoms with van der Waals surface area (Å²) in [6, 6.07) is 0. The number of rotatable bonds is 4. The van der Waals surface area contributed by atoms with Crippen LogP contribution in [0, 0.1) is 5.92 Å². The fraction of sp³-hybridized carbons (Fsp3) is 1.00. The van der Waals surface area contributed by atoms with E-state index in [1.54, 1.807) is 0 Å². The summed E-state index contributed by atoms with van der Waals surface area (Å²) in [6.45, 7) is 7.44. The molecule has 2 unspecified atom stereocenters. The van der Waals surface area contributed by atoms with Gasteiger partial charge in [-0.1, -0.05) is 19.3 Å². The van der Waals surface area contributed by atoms with Gasteiger partial charge in [0.15, 0.2) is 0 Å². The Labute approximate surface area is 117 Å². The second-order valence-corrected chi connectivity index (χ2v) is 6.83. The molecular formula is C16H30O3. The lowest BCUT2D eigenvalue weighted by atomic mass is 9.72. The minimum Gasteiger partial charge on any atom is -0.390 e. The molecule has 1 saturated carbocycles. The smallest absolute Gasteiger partial charge is 0.0886 e. The van der Waals surface area contributed by atoms with Gasteiger partial charge in [-0.2, -0.15) is 0 Å². The Morgan fingerprint density at radius 3 is 2.63 bits per heavy atom. The average molecular weight is 270 g/mol. The second kappa shape index (κ2) is 6.11. The predicted octanol–water partition coefficient (Wildman–Crippen LogP) is 3.29. The lowest BCUT2D eigenvalue weighted by molar-refractivity contribution is -0.171. The zero-order valence-corrected chi connectivity index (χ0v) is 12.8. The molecule has 112 valence electrons. The van der Waals surface area contributed by atoms with Gasteiger partial charge in [-0.25, -0.2) is 0 Å². The lowest BCUT2D eigenvalue weighted by Gasteiger charge is -2.47. The SMILES string of the molecule is CCOC(C)(C)C(O)C1CCOC2(CCCCC2)C1. The number of aliphatic hydroxyl groups excluding tert-OH is 1. The minimum absolute atomic E-state index is 0.0600. The Morgan fingerprint density at radius 2 is 2.00 bits per heavy atom. The molecule has 3 heteroatoms. The first-order chi connectivity index (χ1) is 8.99. The highest BCUT2D eigenvalue weighted by Crippen LogP contribution is 2.43. The first-order valence-corrected chi connectivity index (χ1v) is 7.95. The summed E-state index contributed by atoms with van der Waals surface area (Å²) in [5.74, 6) is 0.313. The molecule has 2 fully saturated rings. The molecule has 0 amide bonds. The molecular weight excluding hydrogens is 240 g/mol. The van der Waals surface area contributed by atoms with Crippen molar-refractivity contribution >= 4 is 0 Å². The van der Waals surface area contributed by atoms with Crippen LogP contribution in [0.25, 0.3) is 0 Å². The molecule has 1 aliphatic heterocycles. The molecule has 1 spiro atoms. The molecule has 0 aromatic heterocycles. The molecule has 19 heavy (non-hydrogen) atoms. The first-order valence-electron chi connectivity index (χ1n) is 7.95. The van der Waals surface area contributed by atoms with E-state index in [1.165, 1.54) is 32.1 Å². The van der Waals surface area contributed by atoms with Crippen molar-refractivity contribution in [3.8, 4) is 0 Å². The zero-order valence-electron chi connectivity index (χ0n) is 12.8. The van der Waals surface area contributed by atoms with Gasteiger partial charge >= 0.3 is 0 Å². The van der Waals surface area contributed by atoms with Crippen LogP contribution in [0.2, 0.25) is 0 Å². The Kier molecular flexibility index (Phi) is 4.91. The van der Waals surface area contributed by atoms with E-state index in [0.29, 0.717) is 12.5 Å². The van der Waals surface area contributed by atoms with Gasteiger partial charge in [0.25, 0.3) is 0 Å². The zero-order chi connectivity index (χ0) is 13.9. The summed E-state index contributed by atoms with van der Waals surface area (Å²) < 4.78 is 11.8. The number of ether oxygens (including phenoxy) is 2. The molecule has 3 nitrogen and oxygen atoms in total. The molecule has 0 aromatic carbocycles. The Balaban J connectivity index is 2.00. The minimum atomic E-state index is -0.452. The Morgan fingerprint density at radius 1 is 1.32 bits per heavy atom. The van der Waals surface area contributed by atoms with Gasteiger partial charge in [-0.05, 0) is 52.4 Å². The molecule has 2 aliphatic rings. The molecule has 0 aromatic rings. The highest BCUT2D eigenvalue weighted by molar-refractivity contribution is 4.95. The normalized spacial score (nSPS) is 29.4. The maximum Gasteiger partial charge on any atom is 0.0886 e. The summed E-state index contributed by atoms with van der Waals surface area (Å²) in [5.41, 5.74) is -0.392. The van der Waals surface area contributed by atoms with E-state index in [4.69, 9.17) is 9.47 Å². The summed E-state index contributed by atoms with van der Waals surface area (Å²) >= 11 is 0. The highest BCUT2D eigenvalue weighted by Gasteiger charge is 2.44. The van der Waals surface area contributed by atoms with E-state index in [2.05, 4.69) is 0 Å². The van der Waals surface area contributed by atoms with Crippen LogP contribution in [0.3, 0.4) is 0 Å². The van der Waals surface area contributed by atoms with Crippen LogP contribution in [0.5, 0.6) is 0 Å². The topological polar surface area (TPSA) is 38.7 Å². The van der Waals surface area contributed by atoms with Crippen LogP contribution in [-0.4, -0.2) is 35.6 Å². The molecule has 0 radical (unpaired) electrons. The fourth-order valence-corrected chi connectivity index (χ4v) is 3.90. The monoisotopic (exact) mass is 270 g/mol. The second-order valence-electron chi connectivity index (χ2n) is 6.83. The third-order valence-corrected chi connectivity index (χ3v) is 4.97. The molecule has 2 atom stereocenters. The van der Waals surface area contributed by atoms with Crippen LogP contribution in [-0.2, 0) is 9.47 Å². The molecule has 1 aliphatic carbocycles. The van der Waals surface area contributed by atoms with Crippen LogP contribution in [0.4, 0.5) is 0 Å². The summed E-state index contributed by atoms with van der Waals surface area (Å²) in [4.78, 5) is 0. The molecule has 1 N–H and O–H groups in total. The van der Waals surface area contributed by atoms with Crippen molar-refractivity contribution in [3.05, 3.63) is 0 Å². The van der Waals surface area contributed by atoms with Crippen molar-refractivity contribution in [2.24, 2.45) is 5.92 Å². The summed E-state index contributed by atoms with van der Waals surface area (Å²) in [7, 11) is 0. The molecule has 2 rings (SSSR count). The standard InChI is InChI=1S/C16H30O3/c1-4-18-15(2,3)14(17)13-8-11-19-16(12-13)9-6-5-7-10-16/h13-14,17H,4-12H2,1-3H3. The van der Waals surface area contributed by atoms with Crippen molar-refractivity contribution in [2.75, 3.05) is 13.2 Å². The maximum atomic E-state index is 10.7. The van der Waals surface area contributed by atoms with Gasteiger partial charge < -0.3 is 14.6 Å². The van der Waals surface area contributed by atoms with Crippen molar-refractivity contribution < 1.29 is 14.6 Å². The van der Waals surface area contributed by atoms with E-state index < -0.39 is 11.7 Å². The van der Waals surface area contributed by atoms with Crippen molar-refractivity contribution in [1.82, 2.24) is 0 Å². The van der Waals surface area contributed by atoms with Gasteiger partial charge in [-0.3, -0.25) is 0 Å². The van der Waals surface area contributed by atoms with Crippen LogP contribution >= 0.6 is 0 Å². The third-order valence-electron chi connectivity index (χ3n) is 4.97. The van der Waals surface area contributed by atoms with Gasteiger partial charge in [0.05, 0.1) is 17.3 Å². The van der Waals surface area contributed by atoms with E-state index in [0.717, 1.165) is 19.4 Å². The fourth-order valence-electron chi connectivity index (χ4n) is 3.90. The lowest BCUT2D eigenvalue weighted by Crippen LogP contribution is -2.50. The van der Waals surface area contributed by atoms with E-state index in [9.17, 15) is 5.11 Å². The molecule has 1 saturated heterocycles. The molecule has 1 heterocycles. The van der Waals surface area contributed by atoms with Gasteiger partial charge in [0, 0.05) is 13.2 Å². The van der Waals surface area contributed by atoms with Crippen LogP contribution < -0.4 is 0 Å². The average Bonchev–Trinajstić information content (AvgIpc) is 2.39. The van der Waals surface area contributed by atoms with Gasteiger partial charge in [-0.15, -0.1) is 0 Å². The number of aliphatic hydroxyl groups is 1. The van der Waals surface area contributed by atoms with E-state index in [-0.39, 0.29) is 5.60 Å². The Hall–Kier alpha value is -0.120. The third kappa shape index (κ3) is 3.50. The van der Waals surface area contributed by atoms with Crippen molar-refractivity contribution in [1.29, 1.82) is 0 Å². The largest absolute Gasteiger partial charge is 0.390 e. The van der Waals surface area contributed by atoms with Crippen molar-refractivity contribution in [3.63, 3.8) is 0 Å². The van der Waals surface area contributed by atoms with Gasteiger partial charge in [0.2, 0.25) is 0 Å². The van der Waals surface area contributed by atoms with Gasteiger partial charge in [0.1, 0.15) is 0 Å². The predicted molar refractivity (Wildman–Crippen MR) is 76.2 cm³/mol. The van der Waals surface area contributed by atoms with Crippen molar-refractivity contribution in [2.45, 2.75) is 83.0 Å². The highest BCUT2D eigenvalue weighted by atomic mass is 16.5. The first kappa shape index (κ1) is 15.3. The maximum absolute atomic E-state index is 10.7. The van der Waals surface area contributed by atoms with Crippen LogP contribution in [0.1, 0.15) is 65.7 Å². The Bertz CT molecular complexity index is 276.